The first kappa shape index (κ1) is 24.8. The Labute approximate surface area is 188 Å². The summed E-state index contributed by atoms with van der Waals surface area (Å²) < 4.78 is 66.9. The van der Waals surface area contributed by atoms with Gasteiger partial charge in [0.25, 0.3) is 0 Å². The lowest BCUT2D eigenvalue weighted by Gasteiger charge is -2.45. The number of sulfonamides is 1. The molecule has 0 radical (unpaired) electrons. The first-order valence-electron chi connectivity index (χ1n) is 10.7. The maximum absolute atomic E-state index is 15.5. The molecule has 1 aliphatic rings. The van der Waals surface area contributed by atoms with Crippen LogP contribution in [0.15, 0.2) is 29.2 Å². The minimum absolute atomic E-state index is 0.0124. The topological polar surface area (TPSA) is 75.9 Å². The first-order valence-corrected chi connectivity index (χ1v) is 12.5. The summed E-state index contributed by atoms with van der Waals surface area (Å²) in [5.41, 5.74) is 0.155. The highest BCUT2D eigenvalue weighted by Gasteiger charge is 2.41. The third-order valence-corrected chi connectivity index (χ3v) is 7.75. The van der Waals surface area contributed by atoms with E-state index < -0.39 is 27.2 Å². The highest BCUT2D eigenvalue weighted by molar-refractivity contribution is 7.88. The van der Waals surface area contributed by atoms with Crippen molar-refractivity contribution in [3.8, 4) is 0 Å². The summed E-state index contributed by atoms with van der Waals surface area (Å²) in [6, 6.07) is 2.02. The second kappa shape index (κ2) is 9.94. The third kappa shape index (κ3) is 5.19. The zero-order valence-electron chi connectivity index (χ0n) is 19.0. The standard InChI is InChI=1S/C22H31F2N3O4S/c1-5-16(2)27(32(4,28)29)12-17-10-21(24)19(11-20(17)23)22(6-8-30-9-7-22)26(3)13-18-14-31-15-25-18/h10-11,14-16H,5-9,12-13H2,1-4H3/t16-/m0/s1. The molecule has 2 heterocycles. The van der Waals surface area contributed by atoms with Crippen LogP contribution in [0.2, 0.25) is 0 Å². The van der Waals surface area contributed by atoms with Crippen molar-refractivity contribution in [1.82, 2.24) is 14.2 Å². The Balaban J connectivity index is 1.98. The fourth-order valence-electron chi connectivity index (χ4n) is 4.31. The fourth-order valence-corrected chi connectivity index (χ4v) is 5.49. The van der Waals surface area contributed by atoms with Gasteiger partial charge in [0.15, 0.2) is 6.39 Å². The van der Waals surface area contributed by atoms with Crippen LogP contribution in [0.5, 0.6) is 0 Å². The van der Waals surface area contributed by atoms with Crippen molar-refractivity contribution >= 4 is 10.0 Å². The first-order chi connectivity index (χ1) is 15.1. The van der Waals surface area contributed by atoms with Crippen molar-refractivity contribution in [2.45, 2.75) is 57.8 Å². The van der Waals surface area contributed by atoms with Crippen molar-refractivity contribution in [2.24, 2.45) is 0 Å². The van der Waals surface area contributed by atoms with Crippen LogP contribution < -0.4 is 0 Å². The molecule has 1 atom stereocenters. The van der Waals surface area contributed by atoms with Crippen molar-refractivity contribution in [1.29, 1.82) is 0 Å². The van der Waals surface area contributed by atoms with E-state index >= 15 is 8.78 Å². The van der Waals surface area contributed by atoms with Gasteiger partial charge in [-0.3, -0.25) is 4.90 Å². The summed E-state index contributed by atoms with van der Waals surface area (Å²) in [6.45, 7) is 4.61. The van der Waals surface area contributed by atoms with Gasteiger partial charge in [-0.15, -0.1) is 0 Å². The summed E-state index contributed by atoms with van der Waals surface area (Å²) in [7, 11) is -1.74. The summed E-state index contributed by atoms with van der Waals surface area (Å²) in [4.78, 5) is 6.09. The van der Waals surface area contributed by atoms with Gasteiger partial charge in [-0.25, -0.2) is 22.2 Å². The predicted octanol–water partition coefficient (Wildman–Crippen LogP) is 3.65. The number of aromatic nitrogens is 1. The fraction of sp³-hybridized carbons (Fsp3) is 0.591. The van der Waals surface area contributed by atoms with E-state index in [1.54, 1.807) is 6.92 Å². The lowest BCUT2D eigenvalue weighted by atomic mass is 9.80. The SMILES string of the molecule is CC[C@H](C)N(Cc1cc(F)c(C2(N(C)Cc3cocn3)CCOCC2)cc1F)S(C)(=O)=O. The monoisotopic (exact) mass is 471 g/mol. The number of oxazole rings is 1. The second-order valence-corrected chi connectivity index (χ2v) is 10.4. The van der Waals surface area contributed by atoms with Crippen LogP contribution in [0.4, 0.5) is 8.78 Å². The Hall–Kier alpha value is -1.88. The number of ether oxygens (including phenoxy) is 1. The Morgan fingerprint density at radius 2 is 1.88 bits per heavy atom. The molecule has 1 fully saturated rings. The lowest BCUT2D eigenvalue weighted by molar-refractivity contribution is -0.0271. The number of benzene rings is 1. The van der Waals surface area contributed by atoms with E-state index in [0.717, 1.165) is 12.3 Å². The number of hydrogen-bond donors (Lipinski definition) is 0. The van der Waals surface area contributed by atoms with Crippen LogP contribution in [0.25, 0.3) is 0 Å². The van der Waals surface area contributed by atoms with Gasteiger partial charge < -0.3 is 9.15 Å². The van der Waals surface area contributed by atoms with E-state index in [1.165, 1.54) is 23.0 Å². The van der Waals surface area contributed by atoms with E-state index in [9.17, 15) is 8.42 Å². The average Bonchev–Trinajstić information content (AvgIpc) is 3.26. The van der Waals surface area contributed by atoms with Gasteiger partial charge in [0, 0.05) is 43.5 Å². The molecule has 0 bridgehead atoms. The lowest BCUT2D eigenvalue weighted by Crippen LogP contribution is -2.48. The molecular formula is C22H31F2N3O4S. The van der Waals surface area contributed by atoms with Gasteiger partial charge in [-0.05, 0) is 45.4 Å². The van der Waals surface area contributed by atoms with E-state index in [1.807, 2.05) is 18.9 Å². The number of halogens is 2. The molecule has 0 saturated carbocycles. The molecular weight excluding hydrogens is 440 g/mol. The van der Waals surface area contributed by atoms with E-state index in [2.05, 4.69) is 4.98 Å². The van der Waals surface area contributed by atoms with Crippen molar-refractivity contribution in [3.63, 3.8) is 0 Å². The summed E-state index contributed by atoms with van der Waals surface area (Å²) in [6.07, 6.45) is 5.47. The predicted molar refractivity (Wildman–Crippen MR) is 116 cm³/mol. The van der Waals surface area contributed by atoms with Crippen LogP contribution in [0.1, 0.15) is 49.9 Å². The third-order valence-electron chi connectivity index (χ3n) is 6.41. The molecule has 0 spiro atoms. The van der Waals surface area contributed by atoms with Gasteiger partial charge in [0.1, 0.15) is 17.9 Å². The average molecular weight is 472 g/mol. The van der Waals surface area contributed by atoms with Crippen LogP contribution in [0, 0.1) is 11.6 Å². The molecule has 2 aromatic rings. The minimum atomic E-state index is -3.59. The second-order valence-electron chi connectivity index (χ2n) is 8.47. The Morgan fingerprint density at radius 1 is 1.19 bits per heavy atom. The highest BCUT2D eigenvalue weighted by Crippen LogP contribution is 2.40. The Bertz CT molecular complexity index is 1010. The van der Waals surface area contributed by atoms with Gasteiger partial charge in [0.05, 0.1) is 17.5 Å². The summed E-state index contributed by atoms with van der Waals surface area (Å²) in [5.74, 6) is -1.19. The molecule has 7 nitrogen and oxygen atoms in total. The van der Waals surface area contributed by atoms with E-state index in [-0.39, 0.29) is 23.7 Å². The summed E-state index contributed by atoms with van der Waals surface area (Å²) in [5, 5.41) is 0. The molecule has 10 heteroatoms. The van der Waals surface area contributed by atoms with Crippen LogP contribution >= 0.6 is 0 Å². The normalized spacial score (nSPS) is 17.8. The zero-order valence-corrected chi connectivity index (χ0v) is 19.8. The molecule has 1 aliphatic heterocycles. The molecule has 178 valence electrons. The zero-order chi connectivity index (χ0) is 23.5. The van der Waals surface area contributed by atoms with E-state index in [4.69, 9.17) is 9.15 Å². The molecule has 1 saturated heterocycles. The van der Waals surface area contributed by atoms with Crippen LogP contribution in [-0.2, 0) is 33.4 Å². The van der Waals surface area contributed by atoms with Crippen molar-refractivity contribution < 1.29 is 26.4 Å². The quantitative estimate of drug-likeness (QED) is 0.556. The number of rotatable bonds is 9. The maximum atomic E-state index is 15.5. The van der Waals surface area contributed by atoms with Gasteiger partial charge >= 0.3 is 0 Å². The Kier molecular flexibility index (Phi) is 7.69. The highest BCUT2D eigenvalue weighted by atomic mass is 32.2. The number of hydrogen-bond acceptors (Lipinski definition) is 6. The van der Waals surface area contributed by atoms with Crippen LogP contribution in [-0.4, -0.2) is 55.2 Å². The van der Waals surface area contributed by atoms with E-state index in [0.29, 0.717) is 44.7 Å². The molecule has 0 unspecified atom stereocenters. The molecule has 3 rings (SSSR count). The molecule has 1 aromatic carbocycles. The molecule has 32 heavy (non-hydrogen) atoms. The van der Waals surface area contributed by atoms with Crippen LogP contribution in [0.3, 0.4) is 0 Å². The largest absolute Gasteiger partial charge is 0.451 e. The number of nitrogens with zero attached hydrogens (tertiary/aromatic N) is 3. The van der Waals surface area contributed by atoms with Gasteiger partial charge in [0.2, 0.25) is 10.0 Å². The van der Waals surface area contributed by atoms with Gasteiger partial charge in [-0.2, -0.15) is 4.31 Å². The molecule has 0 aliphatic carbocycles. The Morgan fingerprint density at radius 3 is 2.44 bits per heavy atom. The molecule has 0 N–H and O–H groups in total. The minimum Gasteiger partial charge on any atom is -0.451 e. The van der Waals surface area contributed by atoms with Crippen molar-refractivity contribution in [2.75, 3.05) is 26.5 Å². The maximum Gasteiger partial charge on any atom is 0.211 e. The smallest absolute Gasteiger partial charge is 0.211 e. The molecule has 0 amide bonds. The molecule has 1 aromatic heterocycles. The summed E-state index contributed by atoms with van der Waals surface area (Å²) >= 11 is 0. The van der Waals surface area contributed by atoms with Gasteiger partial charge in [-0.1, -0.05) is 6.92 Å². The van der Waals surface area contributed by atoms with Crippen molar-refractivity contribution in [3.05, 3.63) is 53.2 Å².